The molecule has 0 aromatic heterocycles. The fraction of sp³-hybridized carbons (Fsp3) is 0.542. The monoisotopic (exact) mass is 430 g/mol. The van der Waals surface area contributed by atoms with Gasteiger partial charge in [0.2, 0.25) is 5.91 Å². The minimum absolute atomic E-state index is 0.239. The van der Waals surface area contributed by atoms with Crippen molar-refractivity contribution in [3.05, 3.63) is 42.0 Å². The number of hydrogen-bond donors (Lipinski definition) is 2. The molecule has 1 aromatic rings. The summed E-state index contributed by atoms with van der Waals surface area (Å²) >= 11 is 0. The lowest BCUT2D eigenvalue weighted by Crippen LogP contribution is -2.42. The van der Waals surface area contributed by atoms with E-state index in [0.717, 1.165) is 31.2 Å². The molecule has 7 heteroatoms. The molecule has 1 aromatic carbocycles. The Bertz CT molecular complexity index is 732. The van der Waals surface area contributed by atoms with Crippen LogP contribution in [0.15, 0.2) is 36.4 Å². The maximum absolute atomic E-state index is 12.7. The Kier molecular flexibility index (Phi) is 10.2. The van der Waals surface area contributed by atoms with Crippen molar-refractivity contribution < 1.29 is 24.6 Å². The number of carboxylic acids is 2. The van der Waals surface area contributed by atoms with Gasteiger partial charge >= 0.3 is 11.9 Å². The van der Waals surface area contributed by atoms with Gasteiger partial charge in [0.25, 0.3) is 0 Å². The second kappa shape index (κ2) is 12.9. The van der Waals surface area contributed by atoms with Crippen molar-refractivity contribution >= 4 is 23.5 Å². The summed E-state index contributed by atoms with van der Waals surface area (Å²) in [6, 6.07) is 8.76. The Hall–Kier alpha value is -2.67. The van der Waals surface area contributed by atoms with Crippen LogP contribution in [0.5, 0.6) is 0 Å². The van der Waals surface area contributed by atoms with Crippen LogP contribution in [0.3, 0.4) is 0 Å². The second-order valence-corrected chi connectivity index (χ2v) is 8.06. The highest BCUT2D eigenvalue weighted by atomic mass is 16.4. The number of carboxylic acid groups (broad SMARTS) is 2. The molecule has 7 nitrogen and oxygen atoms in total. The van der Waals surface area contributed by atoms with Crippen LogP contribution < -0.4 is 4.90 Å². The summed E-state index contributed by atoms with van der Waals surface area (Å²) in [6.07, 6.45) is 10.3. The SMILES string of the molecule is CCN(C(=O)CN1CCCCC1)c1ccc(C2CCCC2)cc1.O=C(O)/C=C\C(=O)O. The van der Waals surface area contributed by atoms with Gasteiger partial charge in [0.15, 0.2) is 0 Å². The fourth-order valence-electron chi connectivity index (χ4n) is 4.23. The molecule has 0 radical (unpaired) electrons. The lowest BCUT2D eigenvalue weighted by Gasteiger charge is -2.29. The zero-order chi connectivity index (χ0) is 22.6. The molecule has 31 heavy (non-hydrogen) atoms. The number of hydrogen-bond acceptors (Lipinski definition) is 4. The van der Waals surface area contributed by atoms with Gasteiger partial charge in [-0.15, -0.1) is 0 Å². The predicted molar refractivity (Wildman–Crippen MR) is 120 cm³/mol. The normalized spacial score (nSPS) is 17.2. The lowest BCUT2D eigenvalue weighted by atomic mass is 9.97. The summed E-state index contributed by atoms with van der Waals surface area (Å²) in [5.74, 6) is -1.54. The number of aliphatic carboxylic acids is 2. The summed E-state index contributed by atoms with van der Waals surface area (Å²) in [5, 5.41) is 15.6. The molecule has 2 aliphatic rings. The van der Waals surface area contributed by atoms with Gasteiger partial charge < -0.3 is 15.1 Å². The number of likely N-dealkylation sites (N-methyl/N-ethyl adjacent to an activating group) is 1. The number of amides is 1. The van der Waals surface area contributed by atoms with Gasteiger partial charge in [-0.05, 0) is 69.3 Å². The van der Waals surface area contributed by atoms with E-state index >= 15 is 0 Å². The molecular weight excluding hydrogens is 396 g/mol. The summed E-state index contributed by atoms with van der Waals surface area (Å²) in [6.45, 7) is 5.53. The minimum atomic E-state index is -1.26. The summed E-state index contributed by atoms with van der Waals surface area (Å²) in [5.41, 5.74) is 2.50. The molecule has 170 valence electrons. The number of anilines is 1. The first-order valence-corrected chi connectivity index (χ1v) is 11.2. The Morgan fingerprint density at radius 2 is 1.48 bits per heavy atom. The lowest BCUT2D eigenvalue weighted by molar-refractivity contribution is -0.134. The zero-order valence-electron chi connectivity index (χ0n) is 18.3. The van der Waals surface area contributed by atoms with Crippen LogP contribution in [0.4, 0.5) is 5.69 Å². The number of carbonyl (C=O) groups excluding carboxylic acids is 1. The van der Waals surface area contributed by atoms with E-state index in [1.54, 1.807) is 0 Å². The third-order valence-electron chi connectivity index (χ3n) is 5.82. The van der Waals surface area contributed by atoms with E-state index in [1.165, 1.54) is 50.5 Å². The van der Waals surface area contributed by atoms with Crippen LogP contribution >= 0.6 is 0 Å². The van der Waals surface area contributed by atoms with E-state index < -0.39 is 11.9 Å². The molecule has 1 aliphatic carbocycles. The molecule has 0 spiro atoms. The number of piperidine rings is 1. The fourth-order valence-corrected chi connectivity index (χ4v) is 4.23. The molecule has 1 saturated carbocycles. The van der Waals surface area contributed by atoms with E-state index in [-0.39, 0.29) is 5.91 Å². The number of nitrogens with zero attached hydrogens (tertiary/aromatic N) is 2. The summed E-state index contributed by atoms with van der Waals surface area (Å²) in [7, 11) is 0. The smallest absolute Gasteiger partial charge is 0.328 e. The third kappa shape index (κ3) is 8.53. The molecule has 1 saturated heterocycles. The molecule has 1 heterocycles. The largest absolute Gasteiger partial charge is 0.478 e. The predicted octanol–water partition coefficient (Wildman–Crippen LogP) is 3.89. The maximum Gasteiger partial charge on any atom is 0.328 e. The van der Waals surface area contributed by atoms with Crippen molar-refractivity contribution in [1.82, 2.24) is 4.90 Å². The summed E-state index contributed by atoms with van der Waals surface area (Å²) < 4.78 is 0. The third-order valence-corrected chi connectivity index (χ3v) is 5.82. The van der Waals surface area contributed by atoms with Crippen molar-refractivity contribution in [3.8, 4) is 0 Å². The van der Waals surface area contributed by atoms with Gasteiger partial charge in [-0.25, -0.2) is 9.59 Å². The topological polar surface area (TPSA) is 98.2 Å². The van der Waals surface area contributed by atoms with Crippen molar-refractivity contribution in [2.45, 2.75) is 57.8 Å². The molecule has 2 N–H and O–H groups in total. The van der Waals surface area contributed by atoms with E-state index in [2.05, 4.69) is 36.1 Å². The van der Waals surface area contributed by atoms with Crippen LogP contribution in [0.2, 0.25) is 0 Å². The number of carbonyl (C=O) groups is 3. The van der Waals surface area contributed by atoms with E-state index in [1.807, 2.05) is 4.90 Å². The first-order chi connectivity index (χ1) is 14.9. The van der Waals surface area contributed by atoms with Gasteiger partial charge in [0.1, 0.15) is 0 Å². The van der Waals surface area contributed by atoms with Crippen molar-refractivity contribution in [1.29, 1.82) is 0 Å². The molecule has 1 aliphatic heterocycles. The van der Waals surface area contributed by atoms with Crippen LogP contribution in [0, 0.1) is 0 Å². The molecule has 0 atom stereocenters. The Balaban J connectivity index is 0.000000366. The molecule has 0 bridgehead atoms. The minimum Gasteiger partial charge on any atom is -0.478 e. The van der Waals surface area contributed by atoms with Crippen molar-refractivity contribution in [3.63, 3.8) is 0 Å². The highest BCUT2D eigenvalue weighted by Gasteiger charge is 2.20. The molecule has 3 rings (SSSR count). The molecule has 1 amide bonds. The average molecular weight is 431 g/mol. The highest BCUT2D eigenvalue weighted by molar-refractivity contribution is 5.94. The van der Waals surface area contributed by atoms with Gasteiger partial charge in [-0.1, -0.05) is 31.4 Å². The molecule has 2 fully saturated rings. The van der Waals surface area contributed by atoms with Gasteiger partial charge in [-0.3, -0.25) is 9.69 Å². The summed E-state index contributed by atoms with van der Waals surface area (Å²) in [4.78, 5) is 36.0. The van der Waals surface area contributed by atoms with Gasteiger partial charge in [-0.2, -0.15) is 0 Å². The molecular formula is C24H34N2O5. The Morgan fingerprint density at radius 1 is 0.935 bits per heavy atom. The van der Waals surface area contributed by atoms with Crippen molar-refractivity contribution in [2.75, 3.05) is 31.1 Å². The highest BCUT2D eigenvalue weighted by Crippen LogP contribution is 2.34. The zero-order valence-corrected chi connectivity index (χ0v) is 18.3. The van der Waals surface area contributed by atoms with E-state index in [4.69, 9.17) is 10.2 Å². The number of rotatable bonds is 7. The van der Waals surface area contributed by atoms with E-state index in [0.29, 0.717) is 18.7 Å². The Labute approximate surface area is 184 Å². The van der Waals surface area contributed by atoms with Gasteiger partial charge in [0.05, 0.1) is 6.54 Å². The number of benzene rings is 1. The average Bonchev–Trinajstić information content (AvgIpc) is 3.29. The van der Waals surface area contributed by atoms with Crippen LogP contribution in [-0.2, 0) is 14.4 Å². The first kappa shape index (κ1) is 24.6. The van der Waals surface area contributed by atoms with Crippen molar-refractivity contribution in [2.24, 2.45) is 0 Å². The van der Waals surface area contributed by atoms with Gasteiger partial charge in [0, 0.05) is 24.4 Å². The first-order valence-electron chi connectivity index (χ1n) is 11.2. The van der Waals surface area contributed by atoms with Crippen LogP contribution in [0.1, 0.15) is 63.4 Å². The number of likely N-dealkylation sites (tertiary alicyclic amines) is 1. The standard InChI is InChI=1S/C20H30N2O.C4H4O4/c1-2-22(20(23)16-21-14-6-3-7-15-21)19-12-10-18(11-13-19)17-8-4-5-9-17;5-3(6)1-2-4(7)8/h10-13,17H,2-9,14-16H2,1H3;1-2H,(H,5,6)(H,7,8)/b;2-1-. The van der Waals surface area contributed by atoms with Crippen LogP contribution in [0.25, 0.3) is 0 Å². The quantitative estimate of drug-likeness (QED) is 0.637. The maximum atomic E-state index is 12.7. The van der Waals surface area contributed by atoms with E-state index in [9.17, 15) is 14.4 Å². The molecule has 0 unspecified atom stereocenters. The second-order valence-electron chi connectivity index (χ2n) is 8.06. The Morgan fingerprint density at radius 3 is 1.97 bits per heavy atom. The van der Waals surface area contributed by atoms with Crippen LogP contribution in [-0.4, -0.2) is 59.1 Å².